The third-order valence-electron chi connectivity index (χ3n) is 3.65. The lowest BCUT2D eigenvalue weighted by molar-refractivity contribution is 0.0711. The zero-order chi connectivity index (χ0) is 9.97. The molecule has 1 fully saturated rings. The molecule has 0 spiro atoms. The maximum absolute atomic E-state index is 9.57. The van der Waals surface area contributed by atoms with Crippen molar-refractivity contribution >= 4 is 0 Å². The van der Waals surface area contributed by atoms with Gasteiger partial charge in [0.05, 0.1) is 6.10 Å². The van der Waals surface area contributed by atoms with E-state index < -0.39 is 0 Å². The van der Waals surface area contributed by atoms with E-state index in [2.05, 4.69) is 17.9 Å². The highest BCUT2D eigenvalue weighted by molar-refractivity contribution is 4.99. The van der Waals surface area contributed by atoms with E-state index in [0.29, 0.717) is 6.04 Å². The normalized spacial score (nSPS) is 40.0. The molecule has 2 rings (SSSR count). The summed E-state index contributed by atoms with van der Waals surface area (Å²) in [7, 11) is 0. The number of rotatable bonds is 1. The number of β-amino-alcohol motifs (C(OH)–C–C–N with tert-alkyl or cyclic N) is 1. The molecule has 80 valence electrons. The molecular formula is C12H21NO. The number of hydrogen-bond acceptors (Lipinski definition) is 2. The SMILES string of the molecule is CC1CCCCC1N1CC=C[C@H](O)C1. The fraction of sp³-hybridized carbons (Fsp3) is 0.833. The highest BCUT2D eigenvalue weighted by Crippen LogP contribution is 2.28. The third kappa shape index (κ3) is 2.18. The Balaban J connectivity index is 1.96. The Morgan fingerprint density at radius 1 is 1.29 bits per heavy atom. The fourth-order valence-electron chi connectivity index (χ4n) is 2.84. The van der Waals surface area contributed by atoms with Crippen LogP contribution >= 0.6 is 0 Å². The Bertz CT molecular complexity index is 214. The van der Waals surface area contributed by atoms with Crippen LogP contribution in [-0.4, -0.2) is 35.2 Å². The second-order valence-electron chi connectivity index (χ2n) is 4.78. The Morgan fingerprint density at radius 3 is 2.79 bits per heavy atom. The summed E-state index contributed by atoms with van der Waals surface area (Å²) in [6.07, 6.45) is 9.23. The first kappa shape index (κ1) is 10.2. The molecule has 3 atom stereocenters. The van der Waals surface area contributed by atoms with Crippen molar-refractivity contribution < 1.29 is 5.11 Å². The van der Waals surface area contributed by atoms with Crippen LogP contribution in [0.1, 0.15) is 32.6 Å². The van der Waals surface area contributed by atoms with Crippen molar-refractivity contribution in [2.24, 2.45) is 5.92 Å². The van der Waals surface area contributed by atoms with E-state index in [1.165, 1.54) is 25.7 Å². The Labute approximate surface area is 86.6 Å². The van der Waals surface area contributed by atoms with E-state index in [4.69, 9.17) is 0 Å². The van der Waals surface area contributed by atoms with Crippen LogP contribution in [-0.2, 0) is 0 Å². The van der Waals surface area contributed by atoms with E-state index in [1.807, 2.05) is 6.08 Å². The molecule has 0 aromatic rings. The summed E-state index contributed by atoms with van der Waals surface area (Å²) in [6, 6.07) is 0.711. The van der Waals surface area contributed by atoms with Crippen LogP contribution in [0.15, 0.2) is 12.2 Å². The molecule has 0 amide bonds. The summed E-state index contributed by atoms with van der Waals surface area (Å²) in [6.45, 7) is 4.23. The molecular weight excluding hydrogens is 174 g/mol. The molecule has 0 bridgehead atoms. The second-order valence-corrected chi connectivity index (χ2v) is 4.78. The maximum atomic E-state index is 9.57. The first-order valence-corrected chi connectivity index (χ1v) is 5.86. The van der Waals surface area contributed by atoms with Crippen LogP contribution in [0.3, 0.4) is 0 Å². The molecule has 1 aliphatic heterocycles. The number of nitrogens with zero attached hydrogens (tertiary/aromatic N) is 1. The predicted molar refractivity (Wildman–Crippen MR) is 58.1 cm³/mol. The van der Waals surface area contributed by atoms with E-state index in [9.17, 15) is 5.11 Å². The lowest BCUT2D eigenvalue weighted by atomic mass is 9.84. The summed E-state index contributed by atoms with van der Waals surface area (Å²) >= 11 is 0. The summed E-state index contributed by atoms with van der Waals surface area (Å²) in [4.78, 5) is 2.45. The van der Waals surface area contributed by atoms with Crippen LogP contribution in [0.4, 0.5) is 0 Å². The molecule has 1 heterocycles. The van der Waals surface area contributed by atoms with Crippen LogP contribution in [0.5, 0.6) is 0 Å². The van der Waals surface area contributed by atoms with Gasteiger partial charge in [0, 0.05) is 19.1 Å². The van der Waals surface area contributed by atoms with Gasteiger partial charge in [0.1, 0.15) is 0 Å². The summed E-state index contributed by atoms with van der Waals surface area (Å²) in [5.41, 5.74) is 0. The number of aliphatic hydroxyl groups excluding tert-OH is 1. The average Bonchev–Trinajstić information content (AvgIpc) is 2.18. The lowest BCUT2D eigenvalue weighted by Crippen LogP contribution is -2.46. The summed E-state index contributed by atoms with van der Waals surface area (Å²) in [5.74, 6) is 0.808. The van der Waals surface area contributed by atoms with Gasteiger partial charge in [0.15, 0.2) is 0 Å². The summed E-state index contributed by atoms with van der Waals surface area (Å²) in [5, 5.41) is 9.57. The van der Waals surface area contributed by atoms with Crippen molar-refractivity contribution in [2.45, 2.75) is 44.8 Å². The Morgan fingerprint density at radius 2 is 2.07 bits per heavy atom. The van der Waals surface area contributed by atoms with Crippen molar-refractivity contribution in [3.8, 4) is 0 Å². The largest absolute Gasteiger partial charge is 0.388 e. The molecule has 1 aliphatic carbocycles. The molecule has 0 saturated heterocycles. The number of hydrogen-bond donors (Lipinski definition) is 1. The van der Waals surface area contributed by atoms with Gasteiger partial charge >= 0.3 is 0 Å². The maximum Gasteiger partial charge on any atom is 0.0848 e. The van der Waals surface area contributed by atoms with Crippen LogP contribution < -0.4 is 0 Å². The van der Waals surface area contributed by atoms with Crippen molar-refractivity contribution in [3.05, 3.63) is 12.2 Å². The molecule has 0 aromatic heterocycles. The highest BCUT2D eigenvalue weighted by atomic mass is 16.3. The smallest absolute Gasteiger partial charge is 0.0848 e. The fourth-order valence-corrected chi connectivity index (χ4v) is 2.84. The first-order valence-electron chi connectivity index (χ1n) is 5.86. The zero-order valence-electron chi connectivity index (χ0n) is 9.02. The summed E-state index contributed by atoms with van der Waals surface area (Å²) < 4.78 is 0. The van der Waals surface area contributed by atoms with Crippen LogP contribution in [0.25, 0.3) is 0 Å². The zero-order valence-corrected chi connectivity index (χ0v) is 9.02. The van der Waals surface area contributed by atoms with E-state index in [0.717, 1.165) is 19.0 Å². The standard InChI is InChI=1S/C12H21NO/c1-10-5-2-3-7-12(10)13-8-4-6-11(14)9-13/h4,6,10-12,14H,2-3,5,7-9H2,1H3/t10?,11-,12?/m0/s1. The van der Waals surface area contributed by atoms with E-state index in [1.54, 1.807) is 0 Å². The van der Waals surface area contributed by atoms with Crippen LogP contribution in [0, 0.1) is 5.92 Å². The lowest BCUT2D eigenvalue weighted by Gasteiger charge is -2.40. The van der Waals surface area contributed by atoms with Crippen molar-refractivity contribution in [2.75, 3.05) is 13.1 Å². The minimum atomic E-state index is -0.238. The van der Waals surface area contributed by atoms with Gasteiger partial charge < -0.3 is 5.11 Å². The monoisotopic (exact) mass is 195 g/mol. The van der Waals surface area contributed by atoms with Gasteiger partial charge in [-0.1, -0.05) is 31.9 Å². The van der Waals surface area contributed by atoms with Crippen LogP contribution in [0.2, 0.25) is 0 Å². The molecule has 0 aromatic carbocycles. The van der Waals surface area contributed by atoms with Gasteiger partial charge in [0.2, 0.25) is 0 Å². The van der Waals surface area contributed by atoms with Crippen molar-refractivity contribution in [1.29, 1.82) is 0 Å². The highest BCUT2D eigenvalue weighted by Gasteiger charge is 2.28. The second kappa shape index (κ2) is 4.45. The van der Waals surface area contributed by atoms with E-state index >= 15 is 0 Å². The van der Waals surface area contributed by atoms with E-state index in [-0.39, 0.29) is 6.10 Å². The van der Waals surface area contributed by atoms with Gasteiger partial charge in [-0.2, -0.15) is 0 Å². The van der Waals surface area contributed by atoms with Gasteiger partial charge in [-0.3, -0.25) is 4.90 Å². The Hall–Kier alpha value is -0.340. The average molecular weight is 195 g/mol. The Kier molecular flexibility index (Phi) is 3.24. The molecule has 2 aliphatic rings. The molecule has 1 saturated carbocycles. The van der Waals surface area contributed by atoms with Gasteiger partial charge in [-0.05, 0) is 18.8 Å². The van der Waals surface area contributed by atoms with Gasteiger partial charge in [-0.25, -0.2) is 0 Å². The third-order valence-corrected chi connectivity index (χ3v) is 3.65. The molecule has 2 unspecified atom stereocenters. The first-order chi connectivity index (χ1) is 6.77. The topological polar surface area (TPSA) is 23.5 Å². The van der Waals surface area contributed by atoms with Crippen molar-refractivity contribution in [1.82, 2.24) is 4.90 Å². The molecule has 2 nitrogen and oxygen atoms in total. The predicted octanol–water partition coefficient (Wildman–Crippen LogP) is 1.80. The van der Waals surface area contributed by atoms with Gasteiger partial charge in [-0.15, -0.1) is 0 Å². The minimum Gasteiger partial charge on any atom is -0.388 e. The molecule has 0 radical (unpaired) electrons. The quantitative estimate of drug-likeness (QED) is 0.645. The number of aliphatic hydroxyl groups is 1. The molecule has 2 heteroatoms. The van der Waals surface area contributed by atoms with Crippen molar-refractivity contribution in [3.63, 3.8) is 0 Å². The minimum absolute atomic E-state index is 0.238. The molecule has 1 N–H and O–H groups in total. The van der Waals surface area contributed by atoms with Gasteiger partial charge in [0.25, 0.3) is 0 Å². The molecule has 14 heavy (non-hydrogen) atoms.